The molecule has 1 saturated carbocycles. The second-order valence-corrected chi connectivity index (χ2v) is 6.44. The maximum absolute atomic E-state index is 12.2. The van der Waals surface area contributed by atoms with Crippen LogP contribution in [0.25, 0.3) is 0 Å². The van der Waals surface area contributed by atoms with E-state index in [1.54, 1.807) is 7.11 Å². The van der Waals surface area contributed by atoms with Crippen molar-refractivity contribution in [3.8, 4) is 11.5 Å². The smallest absolute Gasteiger partial charge is 0.228 e. The van der Waals surface area contributed by atoms with Crippen molar-refractivity contribution in [2.75, 3.05) is 7.11 Å². The second-order valence-electron chi connectivity index (χ2n) is 6.44. The Balaban J connectivity index is 2.39. The molecule has 2 N–H and O–H groups in total. The highest BCUT2D eigenvalue weighted by atomic mass is 16.5. The molecule has 1 aliphatic rings. The van der Waals surface area contributed by atoms with Crippen molar-refractivity contribution in [3.63, 3.8) is 0 Å². The summed E-state index contributed by atoms with van der Waals surface area (Å²) in [5.74, 6) is 1.18. The van der Waals surface area contributed by atoms with Crippen LogP contribution in [0.1, 0.15) is 64.4 Å². The summed E-state index contributed by atoms with van der Waals surface area (Å²) in [6, 6.07) is 5.80. The minimum absolute atomic E-state index is 0.245. The SMILES string of the molecule is CCCC(CC)(C(N)=O)c1ccc(OC)c(OC2CCCC2)c1. The van der Waals surface area contributed by atoms with Crippen LogP contribution in [0.3, 0.4) is 0 Å². The summed E-state index contributed by atoms with van der Waals surface area (Å²) in [7, 11) is 1.64. The van der Waals surface area contributed by atoms with Crippen LogP contribution in [0, 0.1) is 0 Å². The van der Waals surface area contributed by atoms with Crippen LogP contribution in [0.5, 0.6) is 11.5 Å². The lowest BCUT2D eigenvalue weighted by Gasteiger charge is -2.30. The summed E-state index contributed by atoms with van der Waals surface area (Å²) in [6.45, 7) is 4.09. The summed E-state index contributed by atoms with van der Waals surface area (Å²) in [5.41, 5.74) is 6.08. The number of amides is 1. The molecular formula is C19H29NO3. The molecule has 1 unspecified atom stereocenters. The molecule has 0 radical (unpaired) electrons. The lowest BCUT2D eigenvalue weighted by atomic mass is 9.74. The monoisotopic (exact) mass is 319 g/mol. The molecule has 128 valence electrons. The van der Waals surface area contributed by atoms with E-state index in [4.69, 9.17) is 15.2 Å². The zero-order valence-electron chi connectivity index (χ0n) is 14.6. The van der Waals surface area contributed by atoms with Crippen LogP contribution in [0.4, 0.5) is 0 Å². The number of rotatable bonds is 8. The molecule has 0 heterocycles. The highest BCUT2D eigenvalue weighted by Crippen LogP contribution is 2.39. The van der Waals surface area contributed by atoms with E-state index in [9.17, 15) is 4.79 Å². The van der Waals surface area contributed by atoms with Crippen molar-refractivity contribution in [2.24, 2.45) is 5.73 Å². The van der Waals surface area contributed by atoms with Crippen molar-refractivity contribution in [1.29, 1.82) is 0 Å². The average Bonchev–Trinajstić information content (AvgIpc) is 3.05. The van der Waals surface area contributed by atoms with Crippen LogP contribution in [-0.2, 0) is 10.2 Å². The van der Waals surface area contributed by atoms with Gasteiger partial charge in [-0.3, -0.25) is 4.79 Å². The van der Waals surface area contributed by atoms with Gasteiger partial charge in [-0.05, 0) is 56.2 Å². The minimum Gasteiger partial charge on any atom is -0.493 e. The number of carbonyl (C=O) groups is 1. The Morgan fingerprint density at radius 1 is 1.26 bits per heavy atom. The summed E-state index contributed by atoms with van der Waals surface area (Å²) < 4.78 is 11.6. The topological polar surface area (TPSA) is 61.6 Å². The fourth-order valence-corrected chi connectivity index (χ4v) is 3.64. The van der Waals surface area contributed by atoms with E-state index < -0.39 is 5.41 Å². The first-order valence-electron chi connectivity index (χ1n) is 8.72. The van der Waals surface area contributed by atoms with Gasteiger partial charge in [0.15, 0.2) is 11.5 Å². The fraction of sp³-hybridized carbons (Fsp3) is 0.632. The maximum atomic E-state index is 12.2. The summed E-state index contributed by atoms with van der Waals surface area (Å²) in [5, 5.41) is 0. The minimum atomic E-state index is -0.630. The first kappa shape index (κ1) is 17.6. The Kier molecular flexibility index (Phi) is 5.91. The van der Waals surface area contributed by atoms with E-state index in [1.165, 1.54) is 12.8 Å². The summed E-state index contributed by atoms with van der Waals surface area (Å²) in [4.78, 5) is 12.2. The van der Waals surface area contributed by atoms with Gasteiger partial charge in [0.05, 0.1) is 18.6 Å². The van der Waals surface area contributed by atoms with E-state index in [2.05, 4.69) is 6.92 Å². The summed E-state index contributed by atoms with van der Waals surface area (Å²) >= 11 is 0. The molecule has 0 bridgehead atoms. The molecule has 0 saturated heterocycles. The van der Waals surface area contributed by atoms with Crippen LogP contribution in [0.2, 0.25) is 0 Å². The lowest BCUT2D eigenvalue weighted by molar-refractivity contribution is -0.124. The van der Waals surface area contributed by atoms with Crippen molar-refractivity contribution in [2.45, 2.75) is 70.3 Å². The standard InChI is InChI=1S/C19H29NO3/c1-4-12-19(5-2,18(20)21)14-10-11-16(22-3)17(13-14)23-15-8-6-7-9-15/h10-11,13,15H,4-9,12H2,1-3H3,(H2,20,21). The van der Waals surface area contributed by atoms with E-state index in [0.29, 0.717) is 12.2 Å². The first-order chi connectivity index (χ1) is 11.1. The number of methoxy groups -OCH3 is 1. The first-order valence-corrected chi connectivity index (χ1v) is 8.72. The zero-order chi connectivity index (χ0) is 16.9. The van der Waals surface area contributed by atoms with Gasteiger partial charge in [-0.25, -0.2) is 0 Å². The molecule has 4 heteroatoms. The molecular weight excluding hydrogens is 290 g/mol. The van der Waals surface area contributed by atoms with E-state index >= 15 is 0 Å². The molecule has 1 atom stereocenters. The molecule has 1 aliphatic carbocycles. The van der Waals surface area contributed by atoms with Gasteiger partial charge < -0.3 is 15.2 Å². The molecule has 0 aromatic heterocycles. The molecule has 1 aromatic carbocycles. The number of hydrogen-bond acceptors (Lipinski definition) is 3. The number of nitrogens with two attached hydrogens (primary N) is 1. The van der Waals surface area contributed by atoms with Gasteiger partial charge in [0.25, 0.3) is 0 Å². The third-order valence-corrected chi connectivity index (χ3v) is 5.06. The highest BCUT2D eigenvalue weighted by Gasteiger charge is 2.36. The van der Waals surface area contributed by atoms with Gasteiger partial charge in [0.1, 0.15) is 0 Å². The number of carbonyl (C=O) groups excluding carboxylic acids is 1. The predicted octanol–water partition coefficient (Wildman–Crippen LogP) is 3.95. The molecule has 23 heavy (non-hydrogen) atoms. The van der Waals surface area contributed by atoms with Crippen LogP contribution < -0.4 is 15.2 Å². The molecule has 1 aromatic rings. The van der Waals surface area contributed by atoms with E-state index in [0.717, 1.165) is 37.0 Å². The predicted molar refractivity (Wildman–Crippen MR) is 91.9 cm³/mol. The normalized spacial score (nSPS) is 17.7. The third-order valence-electron chi connectivity index (χ3n) is 5.06. The Morgan fingerprint density at radius 2 is 1.96 bits per heavy atom. The Bertz CT molecular complexity index is 537. The third kappa shape index (κ3) is 3.62. The number of ether oxygens (including phenoxy) is 2. The molecule has 2 rings (SSSR count). The van der Waals surface area contributed by atoms with Gasteiger partial charge >= 0.3 is 0 Å². The quantitative estimate of drug-likeness (QED) is 0.789. The zero-order valence-corrected chi connectivity index (χ0v) is 14.6. The Morgan fingerprint density at radius 3 is 2.48 bits per heavy atom. The largest absolute Gasteiger partial charge is 0.493 e. The van der Waals surface area contributed by atoms with Crippen LogP contribution in [-0.4, -0.2) is 19.1 Å². The average molecular weight is 319 g/mol. The van der Waals surface area contributed by atoms with Crippen LogP contribution >= 0.6 is 0 Å². The van der Waals surface area contributed by atoms with Crippen molar-refractivity contribution in [3.05, 3.63) is 23.8 Å². The van der Waals surface area contributed by atoms with Crippen molar-refractivity contribution < 1.29 is 14.3 Å². The Hall–Kier alpha value is -1.71. The van der Waals surface area contributed by atoms with Crippen molar-refractivity contribution in [1.82, 2.24) is 0 Å². The van der Waals surface area contributed by atoms with Gasteiger partial charge in [-0.1, -0.05) is 26.3 Å². The van der Waals surface area contributed by atoms with Gasteiger partial charge in [0, 0.05) is 0 Å². The molecule has 0 aliphatic heterocycles. The Labute approximate surface area is 139 Å². The van der Waals surface area contributed by atoms with Gasteiger partial charge in [0.2, 0.25) is 5.91 Å². The van der Waals surface area contributed by atoms with Crippen LogP contribution in [0.15, 0.2) is 18.2 Å². The summed E-state index contributed by atoms with van der Waals surface area (Å²) in [6.07, 6.45) is 7.16. The number of hydrogen-bond donors (Lipinski definition) is 1. The van der Waals surface area contributed by atoms with Crippen molar-refractivity contribution >= 4 is 5.91 Å². The van der Waals surface area contributed by atoms with E-state index in [-0.39, 0.29) is 12.0 Å². The van der Waals surface area contributed by atoms with Gasteiger partial charge in [-0.2, -0.15) is 0 Å². The van der Waals surface area contributed by atoms with E-state index in [1.807, 2.05) is 25.1 Å². The lowest BCUT2D eigenvalue weighted by Crippen LogP contribution is -2.40. The maximum Gasteiger partial charge on any atom is 0.228 e. The second kappa shape index (κ2) is 7.71. The number of primary amides is 1. The van der Waals surface area contributed by atoms with Gasteiger partial charge in [-0.15, -0.1) is 0 Å². The highest BCUT2D eigenvalue weighted by molar-refractivity contribution is 5.87. The molecule has 1 amide bonds. The molecule has 1 fully saturated rings. The molecule has 4 nitrogen and oxygen atoms in total. The fourth-order valence-electron chi connectivity index (χ4n) is 3.64. The molecule has 0 spiro atoms. The number of benzene rings is 1.